The van der Waals surface area contributed by atoms with Crippen molar-refractivity contribution in [3.8, 4) is 0 Å². The minimum Gasteiger partial charge on any atom is -0.460 e. The summed E-state index contributed by atoms with van der Waals surface area (Å²) in [5.74, 6) is 0.393. The van der Waals surface area contributed by atoms with Gasteiger partial charge in [0.15, 0.2) is 0 Å². The van der Waals surface area contributed by atoms with Crippen molar-refractivity contribution in [3.05, 3.63) is 23.7 Å². The molecule has 0 amide bonds. The summed E-state index contributed by atoms with van der Waals surface area (Å²) in [6.07, 6.45) is 0. The molecule has 13 heavy (non-hydrogen) atoms. The molecule has 1 aromatic heterocycles. The maximum absolute atomic E-state index is 11.1. The van der Waals surface area contributed by atoms with E-state index in [1.165, 1.54) is 0 Å². The molecule has 0 aliphatic carbocycles. The second-order valence-electron chi connectivity index (χ2n) is 2.42. The fraction of sp³-hybridized carbons (Fsp3) is 0.444. The molecule has 0 saturated carbocycles. The van der Waals surface area contributed by atoms with Gasteiger partial charge in [0.1, 0.15) is 12.4 Å². The average molecular weight is 184 g/mol. The van der Waals surface area contributed by atoms with Gasteiger partial charge in [-0.15, -0.1) is 0 Å². The third-order valence-corrected chi connectivity index (χ3v) is 1.42. The zero-order valence-electron chi connectivity index (χ0n) is 7.70. The fourth-order valence-corrected chi connectivity index (χ4v) is 0.910. The number of hydrogen-bond donors (Lipinski definition) is 0. The molecule has 0 aromatic carbocycles. The predicted molar refractivity (Wildman–Crippen MR) is 45.4 cm³/mol. The molecule has 0 bridgehead atoms. The Hall–Kier alpha value is -1.29. The topological polar surface area (TPSA) is 48.7 Å². The van der Waals surface area contributed by atoms with Gasteiger partial charge in [0.05, 0.1) is 6.61 Å². The Balaban J connectivity index is 2.62. The van der Waals surface area contributed by atoms with Crippen LogP contribution in [0.2, 0.25) is 0 Å². The van der Waals surface area contributed by atoms with Gasteiger partial charge >= 0.3 is 5.97 Å². The minimum atomic E-state index is -0.440. The Labute approximate surface area is 76.4 Å². The molecule has 0 unspecified atom stereocenters. The highest BCUT2D eigenvalue weighted by Crippen LogP contribution is 2.09. The van der Waals surface area contributed by atoms with E-state index >= 15 is 0 Å². The summed E-state index contributed by atoms with van der Waals surface area (Å²) in [5.41, 5.74) is 0. The lowest BCUT2D eigenvalue weighted by atomic mass is 10.4. The molecule has 0 spiro atoms. The first kappa shape index (κ1) is 9.80. The smallest absolute Gasteiger partial charge is 0.374 e. The summed E-state index contributed by atoms with van der Waals surface area (Å²) in [6, 6.07) is 3.27. The van der Waals surface area contributed by atoms with Crippen LogP contribution in [0, 0.1) is 0 Å². The Morgan fingerprint density at radius 3 is 2.92 bits per heavy atom. The number of carbonyl (C=O) groups excluding carboxylic acids is 1. The molecule has 4 heteroatoms. The van der Waals surface area contributed by atoms with Gasteiger partial charge in [0, 0.05) is 7.11 Å². The van der Waals surface area contributed by atoms with E-state index in [4.69, 9.17) is 13.9 Å². The van der Waals surface area contributed by atoms with Crippen molar-refractivity contribution < 1.29 is 18.7 Å². The lowest BCUT2D eigenvalue weighted by molar-refractivity contribution is 0.0483. The summed E-state index contributed by atoms with van der Waals surface area (Å²) < 4.78 is 14.7. The van der Waals surface area contributed by atoms with Gasteiger partial charge in [-0.2, -0.15) is 0 Å². The average Bonchev–Trinajstić information content (AvgIpc) is 2.54. The number of ether oxygens (including phenoxy) is 2. The van der Waals surface area contributed by atoms with Gasteiger partial charge in [-0.3, -0.25) is 0 Å². The number of hydrogen-bond acceptors (Lipinski definition) is 4. The molecule has 1 heterocycles. The highest BCUT2D eigenvalue weighted by atomic mass is 16.5. The molecule has 1 aromatic rings. The van der Waals surface area contributed by atoms with Gasteiger partial charge < -0.3 is 13.9 Å². The van der Waals surface area contributed by atoms with Crippen molar-refractivity contribution in [3.63, 3.8) is 0 Å². The van der Waals surface area contributed by atoms with Crippen molar-refractivity contribution >= 4 is 5.97 Å². The van der Waals surface area contributed by atoms with Crippen LogP contribution in [-0.4, -0.2) is 19.7 Å². The number of methoxy groups -OCH3 is 1. The van der Waals surface area contributed by atoms with Crippen molar-refractivity contribution in [2.24, 2.45) is 0 Å². The molecule has 0 atom stereocenters. The molecule has 0 aliphatic rings. The third kappa shape index (κ3) is 2.59. The van der Waals surface area contributed by atoms with Gasteiger partial charge in [-0.1, -0.05) is 0 Å². The molecule has 0 aliphatic heterocycles. The predicted octanol–water partition coefficient (Wildman–Crippen LogP) is 1.60. The van der Waals surface area contributed by atoms with Crippen LogP contribution in [0.15, 0.2) is 16.5 Å². The van der Waals surface area contributed by atoms with Crippen LogP contribution < -0.4 is 0 Å². The van der Waals surface area contributed by atoms with E-state index in [-0.39, 0.29) is 5.76 Å². The van der Waals surface area contributed by atoms with Gasteiger partial charge in [-0.25, -0.2) is 4.79 Å². The lowest BCUT2D eigenvalue weighted by Gasteiger charge is -1.97. The van der Waals surface area contributed by atoms with Gasteiger partial charge in [-0.05, 0) is 19.1 Å². The van der Waals surface area contributed by atoms with Gasteiger partial charge in [0.25, 0.3) is 0 Å². The van der Waals surface area contributed by atoms with E-state index in [2.05, 4.69) is 0 Å². The van der Waals surface area contributed by atoms with Crippen molar-refractivity contribution in [2.45, 2.75) is 13.5 Å². The molecule has 0 fully saturated rings. The molecule has 0 radical (unpaired) electrons. The van der Waals surface area contributed by atoms with E-state index < -0.39 is 5.97 Å². The SMILES string of the molecule is CCOC(=O)c1ccc(COC)o1. The molecule has 1 rings (SSSR count). The Kier molecular flexibility index (Phi) is 3.52. The molecular formula is C9H12O4. The summed E-state index contributed by atoms with van der Waals surface area (Å²) in [6.45, 7) is 2.45. The maximum atomic E-state index is 11.1. The van der Waals surface area contributed by atoms with Crippen molar-refractivity contribution in [1.29, 1.82) is 0 Å². The summed E-state index contributed by atoms with van der Waals surface area (Å²) in [4.78, 5) is 11.1. The van der Waals surface area contributed by atoms with Crippen LogP contribution in [0.5, 0.6) is 0 Å². The number of rotatable bonds is 4. The summed E-state index contributed by atoms with van der Waals surface area (Å²) in [7, 11) is 1.56. The third-order valence-electron chi connectivity index (χ3n) is 1.42. The standard InChI is InChI=1S/C9H12O4/c1-3-12-9(10)8-5-4-7(13-8)6-11-2/h4-5H,3,6H2,1-2H3. The van der Waals surface area contributed by atoms with Crippen LogP contribution in [0.1, 0.15) is 23.2 Å². The minimum absolute atomic E-state index is 0.217. The monoisotopic (exact) mass is 184 g/mol. The summed E-state index contributed by atoms with van der Waals surface area (Å²) >= 11 is 0. The van der Waals surface area contributed by atoms with E-state index in [0.29, 0.717) is 19.0 Å². The normalized spacial score (nSPS) is 10.0. The van der Waals surface area contributed by atoms with E-state index in [0.717, 1.165) is 0 Å². The van der Waals surface area contributed by atoms with E-state index in [1.807, 2.05) is 0 Å². The molecule has 0 saturated heterocycles. The lowest BCUT2D eigenvalue weighted by Crippen LogP contribution is -2.02. The zero-order chi connectivity index (χ0) is 9.68. The first-order valence-electron chi connectivity index (χ1n) is 4.02. The van der Waals surface area contributed by atoms with Crippen LogP contribution >= 0.6 is 0 Å². The second-order valence-corrected chi connectivity index (χ2v) is 2.42. The quantitative estimate of drug-likeness (QED) is 0.667. The zero-order valence-corrected chi connectivity index (χ0v) is 7.70. The molecule has 72 valence electrons. The van der Waals surface area contributed by atoms with Gasteiger partial charge in [0.2, 0.25) is 5.76 Å². The first-order chi connectivity index (χ1) is 6.27. The number of carbonyl (C=O) groups is 1. The number of furan rings is 1. The number of esters is 1. The Bertz CT molecular complexity index is 277. The van der Waals surface area contributed by atoms with Crippen LogP contribution in [-0.2, 0) is 16.1 Å². The highest BCUT2D eigenvalue weighted by Gasteiger charge is 2.11. The highest BCUT2D eigenvalue weighted by molar-refractivity contribution is 5.86. The van der Waals surface area contributed by atoms with E-state index in [9.17, 15) is 4.79 Å². The molecule has 4 nitrogen and oxygen atoms in total. The van der Waals surface area contributed by atoms with Crippen LogP contribution in [0.4, 0.5) is 0 Å². The van der Waals surface area contributed by atoms with E-state index in [1.54, 1.807) is 26.2 Å². The first-order valence-corrected chi connectivity index (χ1v) is 4.02. The van der Waals surface area contributed by atoms with Crippen molar-refractivity contribution in [1.82, 2.24) is 0 Å². The second kappa shape index (κ2) is 4.67. The van der Waals surface area contributed by atoms with Crippen LogP contribution in [0.25, 0.3) is 0 Å². The fourth-order valence-electron chi connectivity index (χ4n) is 0.910. The molecule has 0 N–H and O–H groups in total. The Morgan fingerprint density at radius 2 is 2.31 bits per heavy atom. The maximum Gasteiger partial charge on any atom is 0.374 e. The van der Waals surface area contributed by atoms with Crippen LogP contribution in [0.3, 0.4) is 0 Å². The Morgan fingerprint density at radius 1 is 1.54 bits per heavy atom. The van der Waals surface area contributed by atoms with Crippen molar-refractivity contribution in [2.75, 3.05) is 13.7 Å². The largest absolute Gasteiger partial charge is 0.460 e. The molecular weight excluding hydrogens is 172 g/mol. The summed E-state index contributed by atoms with van der Waals surface area (Å²) in [5, 5.41) is 0.